The van der Waals surface area contributed by atoms with Crippen molar-refractivity contribution >= 4 is 0 Å². The molecule has 0 saturated carbocycles. The monoisotopic (exact) mass is 568 g/mol. The summed E-state index contributed by atoms with van der Waals surface area (Å²) in [4.78, 5) is 0. The minimum Gasteiger partial charge on any atom is -0.378 e. The molecule has 0 aromatic carbocycles. The van der Waals surface area contributed by atoms with Gasteiger partial charge in [-0.05, 0) is 93.9 Å². The lowest BCUT2D eigenvalue weighted by Gasteiger charge is -2.20. The van der Waals surface area contributed by atoms with E-state index >= 15 is 0 Å². The molecule has 0 radical (unpaired) electrons. The van der Waals surface area contributed by atoms with Gasteiger partial charge in [0.1, 0.15) is 0 Å². The Balaban J connectivity index is 4.60. The summed E-state index contributed by atoms with van der Waals surface area (Å²) in [5, 5.41) is 0. The fraction of sp³-hybridized carbons (Fsp3) is 0.415. The molecule has 1 nitrogen and oxygen atoms in total. The highest BCUT2D eigenvalue weighted by Crippen LogP contribution is 2.14. The summed E-state index contributed by atoms with van der Waals surface area (Å²) in [6.45, 7) is 21.5. The second kappa shape index (κ2) is 23.4. The molecule has 0 spiro atoms. The van der Waals surface area contributed by atoms with Crippen LogP contribution in [0.25, 0.3) is 0 Å². The molecule has 0 fully saturated rings. The van der Waals surface area contributed by atoms with Gasteiger partial charge in [0.25, 0.3) is 0 Å². The summed E-state index contributed by atoms with van der Waals surface area (Å²) < 4.78 is 5.45. The molecule has 0 heterocycles. The molecule has 0 aliphatic rings. The molecule has 0 aromatic rings. The predicted octanol–water partition coefficient (Wildman–Crippen LogP) is 12.6. The Labute approximate surface area is 260 Å². The number of allylic oxidation sites excluding steroid dienone is 23. The minimum atomic E-state index is -0.118. The highest BCUT2D eigenvalue weighted by atomic mass is 16.5. The molecule has 0 aliphatic carbocycles. The van der Waals surface area contributed by atoms with Crippen molar-refractivity contribution < 1.29 is 4.74 Å². The molecule has 1 atom stereocenters. The van der Waals surface area contributed by atoms with E-state index < -0.39 is 0 Å². The zero-order valence-corrected chi connectivity index (χ0v) is 28.7. The third kappa shape index (κ3) is 24.6. The molecule has 0 bridgehead atoms. The molecule has 0 aliphatic heterocycles. The van der Waals surface area contributed by atoms with Crippen molar-refractivity contribution in [2.75, 3.05) is 7.11 Å². The van der Waals surface area contributed by atoms with E-state index in [0.29, 0.717) is 5.92 Å². The van der Waals surface area contributed by atoms with Crippen LogP contribution in [0.1, 0.15) is 94.9 Å². The molecular weight excluding hydrogens is 508 g/mol. The van der Waals surface area contributed by atoms with Crippen LogP contribution in [0.15, 0.2) is 143 Å². The van der Waals surface area contributed by atoms with E-state index in [1.54, 1.807) is 7.11 Å². The summed E-state index contributed by atoms with van der Waals surface area (Å²) in [7, 11) is 1.76. The molecule has 1 heteroatoms. The molecule has 0 N–H and O–H groups in total. The first kappa shape index (κ1) is 38.8. The lowest BCUT2D eigenvalue weighted by atomic mass is 10.0. The molecule has 0 amide bonds. The quantitative estimate of drug-likeness (QED) is 0.118. The third-order valence-electron chi connectivity index (χ3n) is 6.63. The van der Waals surface area contributed by atoms with Gasteiger partial charge in [0.15, 0.2) is 0 Å². The van der Waals surface area contributed by atoms with Gasteiger partial charge in [0.2, 0.25) is 0 Å². The number of rotatable bonds is 18. The average molecular weight is 569 g/mol. The van der Waals surface area contributed by atoms with Crippen molar-refractivity contribution in [2.24, 2.45) is 5.92 Å². The molecule has 0 aromatic heterocycles. The summed E-state index contributed by atoms with van der Waals surface area (Å²) in [6, 6.07) is 0. The van der Waals surface area contributed by atoms with Gasteiger partial charge in [-0.1, -0.05) is 150 Å². The molecule has 0 saturated heterocycles. The van der Waals surface area contributed by atoms with Crippen molar-refractivity contribution in [3.63, 3.8) is 0 Å². The second-order valence-electron chi connectivity index (χ2n) is 12.1. The van der Waals surface area contributed by atoms with Crippen LogP contribution in [0.3, 0.4) is 0 Å². The van der Waals surface area contributed by atoms with Gasteiger partial charge >= 0.3 is 0 Å². The smallest absolute Gasteiger partial charge is 0.0657 e. The van der Waals surface area contributed by atoms with Crippen LogP contribution in [0.4, 0.5) is 0 Å². The van der Waals surface area contributed by atoms with Crippen molar-refractivity contribution in [1.29, 1.82) is 0 Å². The van der Waals surface area contributed by atoms with E-state index in [9.17, 15) is 0 Å². The Bertz CT molecular complexity index is 1140. The maximum Gasteiger partial charge on any atom is 0.0657 e. The van der Waals surface area contributed by atoms with Gasteiger partial charge in [-0.15, -0.1) is 0 Å². The van der Waals surface area contributed by atoms with E-state index in [0.717, 1.165) is 25.7 Å². The fourth-order valence-corrected chi connectivity index (χ4v) is 3.53. The molecule has 42 heavy (non-hydrogen) atoms. The molecule has 230 valence electrons. The minimum absolute atomic E-state index is 0.118. The lowest BCUT2D eigenvalue weighted by Crippen LogP contribution is -2.20. The van der Waals surface area contributed by atoms with Crippen molar-refractivity contribution in [3.05, 3.63) is 143 Å². The second-order valence-corrected chi connectivity index (χ2v) is 12.1. The predicted molar refractivity (Wildman–Crippen MR) is 192 cm³/mol. The maximum atomic E-state index is 5.45. The van der Waals surface area contributed by atoms with Gasteiger partial charge in [-0.25, -0.2) is 0 Å². The van der Waals surface area contributed by atoms with Crippen LogP contribution >= 0.6 is 0 Å². The van der Waals surface area contributed by atoms with Gasteiger partial charge in [-0.3, -0.25) is 0 Å². The Morgan fingerprint density at radius 2 is 1.21 bits per heavy atom. The van der Waals surface area contributed by atoms with Gasteiger partial charge in [-0.2, -0.15) is 0 Å². The highest BCUT2D eigenvalue weighted by Gasteiger charge is 2.12. The van der Waals surface area contributed by atoms with Crippen molar-refractivity contribution in [1.82, 2.24) is 0 Å². The summed E-state index contributed by atoms with van der Waals surface area (Å²) in [6.07, 6.45) is 43.2. The standard InChI is InChI=1S/C41H60O/c1-34(2)31-32-40(8)29-18-27-38(6)25-16-23-36(4)21-14-12-13-20-35(3)22-15-24-37(5)26-17-28-39(7)30-19-33-41(9,10)42-11/h12-17,19-26,28-31,36H,18,27,32-33H2,1-11H3/b13-12+,21-14+,22-15+,23-16-,26-17+,30-19+,35-20+,37-24+,38-25+,39-28+,40-29+/t36-/m1/s1. The summed E-state index contributed by atoms with van der Waals surface area (Å²) in [5.74, 6) is 0.397. The van der Waals surface area contributed by atoms with Gasteiger partial charge < -0.3 is 4.74 Å². The number of hydrogen-bond donors (Lipinski definition) is 0. The SMILES string of the molecule is COC(C)(C)C/C=C/C(C)=C/C=C/C(C)=C/C=C/C(C)=C/C=C/C=C/[C@@H](C)/C=C\C=C(/C)CC/C=C(\C)CC=C(C)C. The van der Waals surface area contributed by atoms with E-state index in [1.165, 1.54) is 33.4 Å². The van der Waals surface area contributed by atoms with E-state index in [4.69, 9.17) is 4.74 Å². The van der Waals surface area contributed by atoms with E-state index in [2.05, 4.69) is 179 Å². The third-order valence-corrected chi connectivity index (χ3v) is 6.63. The van der Waals surface area contributed by atoms with Crippen LogP contribution in [0, 0.1) is 5.92 Å². The van der Waals surface area contributed by atoms with E-state index in [1.807, 2.05) is 0 Å². The van der Waals surface area contributed by atoms with Gasteiger partial charge in [0.05, 0.1) is 5.60 Å². The Kier molecular flexibility index (Phi) is 21.6. The molecule has 0 rings (SSSR count). The van der Waals surface area contributed by atoms with Crippen LogP contribution in [-0.2, 0) is 4.74 Å². The van der Waals surface area contributed by atoms with E-state index in [-0.39, 0.29) is 5.60 Å². The van der Waals surface area contributed by atoms with Crippen LogP contribution in [-0.4, -0.2) is 12.7 Å². The number of hydrogen-bond acceptors (Lipinski definition) is 1. The van der Waals surface area contributed by atoms with Gasteiger partial charge in [0, 0.05) is 7.11 Å². The summed E-state index contributed by atoms with van der Waals surface area (Å²) >= 11 is 0. The van der Waals surface area contributed by atoms with Crippen molar-refractivity contribution in [2.45, 2.75) is 101 Å². The molecular formula is C41H60O. The average Bonchev–Trinajstić information content (AvgIpc) is 2.91. The fourth-order valence-electron chi connectivity index (χ4n) is 3.53. The first-order chi connectivity index (χ1) is 19.8. The zero-order chi connectivity index (χ0) is 31.8. The number of ether oxygens (including phenoxy) is 1. The highest BCUT2D eigenvalue weighted by molar-refractivity contribution is 5.31. The van der Waals surface area contributed by atoms with Crippen LogP contribution in [0.2, 0.25) is 0 Å². The zero-order valence-electron chi connectivity index (χ0n) is 28.7. The first-order valence-electron chi connectivity index (χ1n) is 15.4. The van der Waals surface area contributed by atoms with Crippen LogP contribution in [0.5, 0.6) is 0 Å². The number of methoxy groups -OCH3 is 1. The topological polar surface area (TPSA) is 9.23 Å². The molecule has 0 unspecified atom stereocenters. The van der Waals surface area contributed by atoms with Crippen LogP contribution < -0.4 is 0 Å². The Morgan fingerprint density at radius 1 is 0.643 bits per heavy atom. The normalized spacial score (nSPS) is 16.0. The maximum absolute atomic E-state index is 5.45. The summed E-state index contributed by atoms with van der Waals surface area (Å²) in [5.41, 5.74) is 7.78. The lowest BCUT2D eigenvalue weighted by molar-refractivity contribution is 0.0255. The van der Waals surface area contributed by atoms with Crippen molar-refractivity contribution in [3.8, 4) is 0 Å². The Morgan fingerprint density at radius 3 is 1.81 bits per heavy atom. The first-order valence-corrected chi connectivity index (χ1v) is 15.4. The largest absolute Gasteiger partial charge is 0.378 e. The Hall–Kier alpha value is -3.16.